The van der Waals surface area contributed by atoms with Crippen LogP contribution in [0.4, 0.5) is 0 Å². The van der Waals surface area contributed by atoms with Crippen molar-refractivity contribution >= 4 is 41.3 Å². The van der Waals surface area contributed by atoms with Crippen molar-refractivity contribution in [3.63, 3.8) is 0 Å². The molecule has 0 radical (unpaired) electrons. The number of benzene rings is 1. The Morgan fingerprint density at radius 2 is 1.96 bits per heavy atom. The highest BCUT2D eigenvalue weighted by molar-refractivity contribution is 14.0. The molecule has 2 rings (SSSR count). The van der Waals surface area contributed by atoms with Gasteiger partial charge < -0.3 is 15.4 Å². The number of hydrogen-bond acceptors (Lipinski definition) is 4. The Morgan fingerprint density at radius 1 is 1.20 bits per heavy atom. The number of ether oxygens (including phenoxy) is 1. The maximum absolute atomic E-state index is 5.34. The van der Waals surface area contributed by atoms with Crippen molar-refractivity contribution in [1.29, 1.82) is 0 Å². The van der Waals surface area contributed by atoms with Crippen LogP contribution in [-0.4, -0.2) is 37.2 Å². The Hall–Kier alpha value is -1.19. The summed E-state index contributed by atoms with van der Waals surface area (Å²) in [5.74, 6) is 0.811. The minimum Gasteiger partial charge on any atom is -0.380 e. The third-order valence-corrected chi connectivity index (χ3v) is 4.57. The number of aryl methyl sites for hydroxylation is 1. The topological polar surface area (TPSA) is 58.5 Å². The average Bonchev–Trinajstić information content (AvgIpc) is 2.98. The van der Waals surface area contributed by atoms with Crippen LogP contribution < -0.4 is 10.6 Å². The highest BCUT2D eigenvalue weighted by Gasteiger charge is 2.09. The Kier molecular flexibility index (Phi) is 10.7. The number of nitrogens with one attached hydrogen (secondary N) is 2. The molecule has 2 aromatic rings. The van der Waals surface area contributed by atoms with E-state index in [9.17, 15) is 0 Å². The summed E-state index contributed by atoms with van der Waals surface area (Å²) >= 11 is 1.71. The van der Waals surface area contributed by atoms with Crippen LogP contribution in [0.5, 0.6) is 0 Å². The molecule has 1 aromatic carbocycles. The Bertz CT molecular complexity index is 646. The number of halogens is 1. The van der Waals surface area contributed by atoms with E-state index in [1.54, 1.807) is 11.3 Å². The van der Waals surface area contributed by atoms with Crippen LogP contribution in [0.3, 0.4) is 0 Å². The van der Waals surface area contributed by atoms with Crippen LogP contribution in [0.15, 0.2) is 35.3 Å². The predicted octanol–water partition coefficient (Wildman–Crippen LogP) is 3.83. The molecule has 0 bridgehead atoms. The van der Waals surface area contributed by atoms with Gasteiger partial charge in [-0.1, -0.05) is 30.3 Å². The fraction of sp³-hybridized carbons (Fsp3) is 0.444. The number of guanidine groups is 1. The van der Waals surface area contributed by atoms with Gasteiger partial charge in [-0.3, -0.25) is 0 Å². The number of hydrogen-bond donors (Lipinski definition) is 2. The van der Waals surface area contributed by atoms with Gasteiger partial charge in [0.2, 0.25) is 0 Å². The standard InChI is InChI=1S/C18H26N4OS.HI/c1-4-19-18(20-11-12-23-5-2)21-13-16-14(3)22-17(24-16)15-9-7-6-8-10-15;/h6-10H,4-5,11-13H2,1-3H3,(H2,19,20,21);1H. The minimum absolute atomic E-state index is 0. The molecule has 0 saturated carbocycles. The molecule has 0 aliphatic heterocycles. The first-order chi connectivity index (χ1) is 11.7. The van der Waals surface area contributed by atoms with Gasteiger partial charge in [0, 0.05) is 30.1 Å². The number of nitrogens with zero attached hydrogens (tertiary/aromatic N) is 2. The van der Waals surface area contributed by atoms with Crippen molar-refractivity contribution in [3.8, 4) is 10.6 Å². The molecule has 138 valence electrons. The van der Waals surface area contributed by atoms with Crippen LogP contribution in [-0.2, 0) is 11.3 Å². The molecule has 5 nitrogen and oxygen atoms in total. The van der Waals surface area contributed by atoms with Gasteiger partial charge in [0.1, 0.15) is 5.01 Å². The normalized spacial score (nSPS) is 11.1. The third-order valence-electron chi connectivity index (χ3n) is 3.38. The molecule has 7 heteroatoms. The van der Waals surface area contributed by atoms with Crippen LogP contribution in [0.25, 0.3) is 10.6 Å². The molecule has 0 aliphatic rings. The molecule has 1 heterocycles. The first-order valence-electron chi connectivity index (χ1n) is 8.36. The van der Waals surface area contributed by atoms with E-state index in [2.05, 4.69) is 39.7 Å². The maximum Gasteiger partial charge on any atom is 0.191 e. The van der Waals surface area contributed by atoms with Gasteiger partial charge in [-0.05, 0) is 20.8 Å². The summed E-state index contributed by atoms with van der Waals surface area (Å²) in [6.07, 6.45) is 0. The van der Waals surface area contributed by atoms with Gasteiger partial charge in [-0.15, -0.1) is 35.3 Å². The van der Waals surface area contributed by atoms with Crippen molar-refractivity contribution in [2.45, 2.75) is 27.3 Å². The summed E-state index contributed by atoms with van der Waals surface area (Å²) in [6, 6.07) is 10.3. The van der Waals surface area contributed by atoms with Crippen molar-refractivity contribution in [2.24, 2.45) is 4.99 Å². The van der Waals surface area contributed by atoms with Crippen molar-refractivity contribution < 1.29 is 4.74 Å². The molecule has 2 N–H and O–H groups in total. The lowest BCUT2D eigenvalue weighted by molar-refractivity contribution is 0.152. The Morgan fingerprint density at radius 3 is 2.64 bits per heavy atom. The Labute approximate surface area is 171 Å². The van der Waals surface area contributed by atoms with Crippen LogP contribution in [0, 0.1) is 6.92 Å². The largest absolute Gasteiger partial charge is 0.380 e. The van der Waals surface area contributed by atoms with Gasteiger partial charge in [-0.25, -0.2) is 9.98 Å². The van der Waals surface area contributed by atoms with Gasteiger partial charge in [0.05, 0.1) is 18.8 Å². The van der Waals surface area contributed by atoms with E-state index in [1.807, 2.05) is 32.0 Å². The molecular weight excluding hydrogens is 447 g/mol. The molecule has 0 unspecified atom stereocenters. The second-order valence-electron chi connectivity index (χ2n) is 5.21. The van der Waals surface area contributed by atoms with E-state index in [-0.39, 0.29) is 24.0 Å². The summed E-state index contributed by atoms with van der Waals surface area (Å²) in [7, 11) is 0. The molecule has 0 saturated heterocycles. The fourth-order valence-corrected chi connectivity index (χ4v) is 3.15. The number of aliphatic imine (C=N–C) groups is 1. The smallest absolute Gasteiger partial charge is 0.191 e. The van der Waals surface area contributed by atoms with Crippen LogP contribution in [0.1, 0.15) is 24.4 Å². The van der Waals surface area contributed by atoms with Gasteiger partial charge in [0.25, 0.3) is 0 Å². The first kappa shape index (κ1) is 21.9. The lowest BCUT2D eigenvalue weighted by atomic mass is 10.2. The van der Waals surface area contributed by atoms with Crippen molar-refractivity contribution in [2.75, 3.05) is 26.3 Å². The van der Waals surface area contributed by atoms with Gasteiger partial charge in [0.15, 0.2) is 5.96 Å². The zero-order chi connectivity index (χ0) is 17.2. The third kappa shape index (κ3) is 7.29. The number of thiazole rings is 1. The summed E-state index contributed by atoms with van der Waals surface area (Å²) in [5, 5.41) is 7.59. The van der Waals surface area contributed by atoms with Crippen molar-refractivity contribution in [1.82, 2.24) is 15.6 Å². The second-order valence-corrected chi connectivity index (χ2v) is 6.30. The molecule has 25 heavy (non-hydrogen) atoms. The number of rotatable bonds is 8. The minimum atomic E-state index is 0. The highest BCUT2D eigenvalue weighted by atomic mass is 127. The summed E-state index contributed by atoms with van der Waals surface area (Å²) in [6.45, 7) is 9.72. The quantitative estimate of drug-likeness (QED) is 0.264. The molecule has 0 aliphatic carbocycles. The molecule has 0 amide bonds. The molecule has 0 spiro atoms. The van der Waals surface area contributed by atoms with E-state index in [0.29, 0.717) is 13.2 Å². The number of aromatic nitrogens is 1. The summed E-state index contributed by atoms with van der Waals surface area (Å²) < 4.78 is 5.34. The van der Waals surface area contributed by atoms with Crippen molar-refractivity contribution in [3.05, 3.63) is 40.9 Å². The molecule has 1 aromatic heterocycles. The van der Waals surface area contributed by atoms with Gasteiger partial charge >= 0.3 is 0 Å². The first-order valence-corrected chi connectivity index (χ1v) is 9.17. The van der Waals surface area contributed by atoms with E-state index < -0.39 is 0 Å². The average molecular weight is 474 g/mol. The van der Waals surface area contributed by atoms with E-state index >= 15 is 0 Å². The summed E-state index contributed by atoms with van der Waals surface area (Å²) in [4.78, 5) is 10.5. The maximum atomic E-state index is 5.34. The van der Waals surface area contributed by atoms with E-state index in [4.69, 9.17) is 4.74 Å². The monoisotopic (exact) mass is 474 g/mol. The Balaban J connectivity index is 0.00000312. The predicted molar refractivity (Wildman–Crippen MR) is 117 cm³/mol. The molecule has 0 atom stereocenters. The highest BCUT2D eigenvalue weighted by Crippen LogP contribution is 2.28. The van der Waals surface area contributed by atoms with Crippen LogP contribution >= 0.6 is 35.3 Å². The second kappa shape index (κ2) is 12.2. The van der Waals surface area contributed by atoms with E-state index in [0.717, 1.165) is 41.9 Å². The molecular formula is C18H27IN4OS. The zero-order valence-electron chi connectivity index (χ0n) is 15.0. The fourth-order valence-electron chi connectivity index (χ4n) is 2.16. The SMILES string of the molecule is CCNC(=NCc1sc(-c2ccccc2)nc1C)NCCOCC.I. The molecule has 0 fully saturated rings. The summed E-state index contributed by atoms with van der Waals surface area (Å²) in [5.41, 5.74) is 2.20. The van der Waals surface area contributed by atoms with E-state index in [1.165, 1.54) is 4.88 Å². The lowest BCUT2D eigenvalue weighted by Gasteiger charge is -2.10. The lowest BCUT2D eigenvalue weighted by Crippen LogP contribution is -2.38. The zero-order valence-corrected chi connectivity index (χ0v) is 18.2. The van der Waals surface area contributed by atoms with Gasteiger partial charge in [-0.2, -0.15) is 0 Å². The van der Waals surface area contributed by atoms with Crippen LogP contribution in [0.2, 0.25) is 0 Å².